The maximum atomic E-state index is 14.0. The van der Waals surface area contributed by atoms with Gasteiger partial charge in [-0.2, -0.15) is 27.7 Å². The van der Waals surface area contributed by atoms with Crippen LogP contribution in [0, 0.1) is 19.8 Å². The van der Waals surface area contributed by atoms with Gasteiger partial charge in [0.05, 0.1) is 24.0 Å². The molecule has 0 aliphatic carbocycles. The van der Waals surface area contributed by atoms with Crippen LogP contribution in [0.2, 0.25) is 0 Å². The summed E-state index contributed by atoms with van der Waals surface area (Å²) in [6.45, 7) is 2.90. The number of amides is 3. The van der Waals surface area contributed by atoms with Gasteiger partial charge in [-0.1, -0.05) is 18.2 Å². The van der Waals surface area contributed by atoms with Crippen LogP contribution in [0.5, 0.6) is 0 Å². The van der Waals surface area contributed by atoms with Crippen molar-refractivity contribution in [2.24, 2.45) is 0 Å². The number of carbonyl (C=O) groups is 2. The molecule has 0 spiro atoms. The van der Waals surface area contributed by atoms with Gasteiger partial charge in [0.2, 0.25) is 5.95 Å². The van der Waals surface area contributed by atoms with E-state index in [1.165, 1.54) is 23.1 Å². The number of pyridine rings is 2. The van der Waals surface area contributed by atoms with E-state index in [0.29, 0.717) is 59.1 Å². The van der Waals surface area contributed by atoms with Crippen molar-refractivity contribution < 1.29 is 36.7 Å². The van der Waals surface area contributed by atoms with Crippen molar-refractivity contribution in [2.45, 2.75) is 32.2 Å². The molecule has 1 aromatic carbocycles. The normalized spacial score (nSPS) is 16.7. The molecule has 1 aliphatic rings. The molecule has 0 unspecified atom stereocenters. The molecule has 3 aromatic heterocycles. The number of nitrogens with zero attached hydrogens (tertiary/aromatic N) is 5. The predicted molar refractivity (Wildman–Crippen MR) is 162 cm³/mol. The minimum atomic E-state index is -4.56. The van der Waals surface area contributed by atoms with Gasteiger partial charge in [-0.15, -0.1) is 0 Å². The lowest BCUT2D eigenvalue weighted by atomic mass is 10.0. The van der Waals surface area contributed by atoms with E-state index in [0.717, 1.165) is 0 Å². The first-order chi connectivity index (χ1) is 22.4. The molecule has 12 nitrogen and oxygen atoms in total. The Bertz CT molecular complexity index is 1730. The van der Waals surface area contributed by atoms with E-state index in [4.69, 9.17) is 14.7 Å². The zero-order chi connectivity index (χ0) is 33.7. The summed E-state index contributed by atoms with van der Waals surface area (Å²) in [5, 5.41) is 14.0. The number of rotatable bonds is 10. The van der Waals surface area contributed by atoms with Crippen molar-refractivity contribution in [3.8, 4) is 16.9 Å². The quantitative estimate of drug-likeness (QED) is 0.168. The Labute approximate surface area is 267 Å². The summed E-state index contributed by atoms with van der Waals surface area (Å²) in [4.78, 5) is 39.6. The zero-order valence-electron chi connectivity index (χ0n) is 25.6. The Morgan fingerprint density at radius 3 is 2.55 bits per heavy atom. The number of aromatic nitrogens is 4. The third-order valence-corrected chi connectivity index (χ3v) is 7.34. The molecule has 47 heavy (non-hydrogen) atoms. The van der Waals surface area contributed by atoms with E-state index in [1.54, 1.807) is 62.4 Å². The van der Waals surface area contributed by atoms with Crippen LogP contribution < -0.4 is 16.0 Å². The van der Waals surface area contributed by atoms with Crippen LogP contribution in [0.1, 0.15) is 33.3 Å². The van der Waals surface area contributed by atoms with Crippen LogP contribution in [-0.2, 0) is 9.57 Å². The van der Waals surface area contributed by atoms with Gasteiger partial charge in [0.15, 0.2) is 0 Å². The number of hydrogen-bond donors (Lipinski definition) is 3. The van der Waals surface area contributed by atoms with Gasteiger partial charge in [0.1, 0.15) is 24.2 Å². The lowest BCUT2D eigenvalue weighted by Gasteiger charge is -2.19. The second kappa shape index (κ2) is 14.2. The van der Waals surface area contributed by atoms with Gasteiger partial charge in [-0.05, 0) is 55.3 Å². The van der Waals surface area contributed by atoms with Crippen LogP contribution in [0.25, 0.3) is 16.9 Å². The number of methoxy groups -OCH3 is 1. The Kier molecular flexibility index (Phi) is 10.1. The molecule has 16 heteroatoms. The van der Waals surface area contributed by atoms with E-state index < -0.39 is 42.8 Å². The number of ether oxygens (including phenoxy) is 1. The number of carbonyl (C=O) groups excluding carboxylic acids is 2. The maximum absolute atomic E-state index is 14.0. The number of halogens is 4. The Balaban J connectivity index is 1.42. The molecule has 0 saturated carbocycles. The highest BCUT2D eigenvalue weighted by atomic mass is 19.4. The number of hydroxylamine groups is 2. The summed E-state index contributed by atoms with van der Waals surface area (Å²) in [7, 11) is 1.56. The highest BCUT2D eigenvalue weighted by Gasteiger charge is 2.37. The number of benzene rings is 1. The average molecular weight is 657 g/mol. The minimum absolute atomic E-state index is 0.155. The Morgan fingerprint density at radius 1 is 1.11 bits per heavy atom. The monoisotopic (exact) mass is 656 g/mol. The summed E-state index contributed by atoms with van der Waals surface area (Å²) in [6.07, 6.45) is -2.60. The number of nitrogens with one attached hydrogen (secondary N) is 3. The number of para-hydroxylation sites is 1. The molecule has 0 bridgehead atoms. The molecule has 1 fully saturated rings. The standard InChI is InChI=1S/C31H32F4N8O4/c1-18-13-21(15-37-25(18)29(44)38-17-31(33,34)35)26-19(2)28(43(41-26)22-7-5-4-6-8-22)40-30(45)39-23-16-42(11-12-46-3)47-27(23)20-9-10-36-24(32)14-20/h4-10,13-15,23,27H,11-12,16-17H2,1-3H3,(H,38,44)(H2,39,40,45)/t23-,27+/m1/s1. The lowest BCUT2D eigenvalue weighted by molar-refractivity contribution is -0.154. The fraction of sp³-hybridized carbons (Fsp3) is 0.323. The summed E-state index contributed by atoms with van der Waals surface area (Å²) in [5.41, 5.74) is 2.75. The van der Waals surface area contributed by atoms with Crippen LogP contribution >= 0.6 is 0 Å². The summed E-state index contributed by atoms with van der Waals surface area (Å²) in [5.74, 6) is -1.31. The molecule has 2 atom stereocenters. The molecule has 3 N–H and O–H groups in total. The third kappa shape index (κ3) is 8.08. The number of alkyl halides is 3. The smallest absolute Gasteiger partial charge is 0.383 e. The van der Waals surface area contributed by atoms with E-state index in [9.17, 15) is 27.2 Å². The summed E-state index contributed by atoms with van der Waals surface area (Å²) in [6, 6.07) is 12.3. The SMILES string of the molecule is COCCN1C[C@@H](NC(=O)Nc2c(C)c(-c3cnc(C(=O)NCC(F)(F)F)c(C)c3)nn2-c2ccccc2)[C@H](c2ccnc(F)c2)O1. The van der Waals surface area contributed by atoms with Crippen LogP contribution in [0.4, 0.5) is 28.2 Å². The van der Waals surface area contributed by atoms with E-state index >= 15 is 0 Å². The van der Waals surface area contributed by atoms with Gasteiger partial charge in [0.25, 0.3) is 5.91 Å². The van der Waals surface area contributed by atoms with Crippen LogP contribution in [0.15, 0.2) is 60.9 Å². The molecule has 0 radical (unpaired) electrons. The van der Waals surface area contributed by atoms with Crippen molar-refractivity contribution in [3.05, 3.63) is 89.3 Å². The lowest BCUT2D eigenvalue weighted by Crippen LogP contribution is -2.42. The first kappa shape index (κ1) is 33.4. The maximum Gasteiger partial charge on any atom is 0.405 e. The number of urea groups is 1. The fourth-order valence-corrected chi connectivity index (χ4v) is 5.13. The number of aryl methyl sites for hydroxylation is 1. The van der Waals surface area contributed by atoms with Gasteiger partial charge < -0.3 is 15.4 Å². The van der Waals surface area contributed by atoms with Crippen molar-refractivity contribution in [2.75, 3.05) is 38.7 Å². The van der Waals surface area contributed by atoms with Crippen molar-refractivity contribution in [1.29, 1.82) is 0 Å². The van der Waals surface area contributed by atoms with Gasteiger partial charge in [-0.3, -0.25) is 19.9 Å². The van der Waals surface area contributed by atoms with Crippen molar-refractivity contribution in [3.63, 3.8) is 0 Å². The zero-order valence-corrected chi connectivity index (χ0v) is 25.6. The highest BCUT2D eigenvalue weighted by Crippen LogP contribution is 2.32. The van der Waals surface area contributed by atoms with E-state index in [1.807, 2.05) is 11.4 Å². The van der Waals surface area contributed by atoms with E-state index in [-0.39, 0.29) is 5.69 Å². The predicted octanol–water partition coefficient (Wildman–Crippen LogP) is 4.50. The molecule has 1 saturated heterocycles. The first-order valence-electron chi connectivity index (χ1n) is 14.5. The highest BCUT2D eigenvalue weighted by molar-refractivity contribution is 5.94. The van der Waals surface area contributed by atoms with Gasteiger partial charge >= 0.3 is 12.2 Å². The van der Waals surface area contributed by atoms with Crippen LogP contribution in [-0.4, -0.2) is 82.3 Å². The molecule has 1 aliphatic heterocycles. The number of hydrogen-bond acceptors (Lipinski definition) is 8. The number of anilines is 1. The average Bonchev–Trinajstić information content (AvgIpc) is 3.59. The third-order valence-electron chi connectivity index (χ3n) is 7.34. The largest absolute Gasteiger partial charge is 0.405 e. The Morgan fingerprint density at radius 2 is 1.87 bits per heavy atom. The molecule has 248 valence electrons. The molecule has 4 heterocycles. The molecule has 4 aromatic rings. The first-order valence-corrected chi connectivity index (χ1v) is 14.5. The van der Waals surface area contributed by atoms with E-state index in [2.05, 4.69) is 20.6 Å². The second-order valence-electron chi connectivity index (χ2n) is 10.8. The van der Waals surface area contributed by atoms with Gasteiger partial charge in [0, 0.05) is 43.7 Å². The molecular weight excluding hydrogens is 624 g/mol. The van der Waals surface area contributed by atoms with Crippen molar-refractivity contribution in [1.82, 2.24) is 35.4 Å². The topological polar surface area (TPSA) is 136 Å². The molecule has 3 amide bonds. The second-order valence-corrected chi connectivity index (χ2v) is 10.8. The van der Waals surface area contributed by atoms with Gasteiger partial charge in [-0.25, -0.2) is 14.5 Å². The molecule has 5 rings (SSSR count). The minimum Gasteiger partial charge on any atom is -0.383 e. The molecular formula is C31H32F4N8O4. The van der Waals surface area contributed by atoms with Crippen molar-refractivity contribution >= 4 is 17.8 Å². The Hall–Kier alpha value is -4.93. The fourth-order valence-electron chi connectivity index (χ4n) is 5.13. The summed E-state index contributed by atoms with van der Waals surface area (Å²) >= 11 is 0. The summed E-state index contributed by atoms with van der Waals surface area (Å²) < 4.78 is 58.5. The van der Waals surface area contributed by atoms with Crippen LogP contribution in [0.3, 0.4) is 0 Å².